The Bertz CT molecular complexity index is 789. The normalized spacial score (nSPS) is 13.9. The lowest BCUT2D eigenvalue weighted by Crippen LogP contribution is -2.33. The van der Waals surface area contributed by atoms with Gasteiger partial charge in [-0.2, -0.15) is 0 Å². The molecule has 3 rings (SSSR count). The van der Waals surface area contributed by atoms with E-state index in [1.165, 1.54) is 11.3 Å². The molecule has 0 saturated carbocycles. The first-order valence-corrected chi connectivity index (χ1v) is 9.99. The van der Waals surface area contributed by atoms with Crippen LogP contribution in [-0.4, -0.2) is 48.4 Å². The maximum Gasteiger partial charge on any atom is 0.280 e. The lowest BCUT2D eigenvalue weighted by molar-refractivity contribution is 0.0762. The molecule has 2 heterocycles. The number of rotatable bonds is 5. The van der Waals surface area contributed by atoms with Gasteiger partial charge in [0.15, 0.2) is 5.01 Å². The molecule has 7 heteroatoms. The van der Waals surface area contributed by atoms with Crippen molar-refractivity contribution in [1.82, 2.24) is 15.2 Å². The lowest BCUT2D eigenvalue weighted by Gasteiger charge is -2.20. The molecule has 144 valence electrons. The third kappa shape index (κ3) is 4.66. The van der Waals surface area contributed by atoms with Crippen LogP contribution < -0.4 is 10.1 Å². The summed E-state index contributed by atoms with van der Waals surface area (Å²) in [6.07, 6.45) is 1.40. The Morgan fingerprint density at radius 3 is 2.59 bits per heavy atom. The van der Waals surface area contributed by atoms with Gasteiger partial charge in [0.2, 0.25) is 0 Å². The van der Waals surface area contributed by atoms with Crippen LogP contribution >= 0.6 is 11.3 Å². The van der Waals surface area contributed by atoms with Gasteiger partial charge in [0, 0.05) is 42.9 Å². The third-order valence-electron chi connectivity index (χ3n) is 4.49. The molecule has 27 heavy (non-hydrogen) atoms. The molecule has 2 aromatic rings. The predicted octanol–water partition coefficient (Wildman–Crippen LogP) is 2.78. The fraction of sp³-hybridized carbons (Fsp3) is 0.450. The molecule has 2 amide bonds. The Balaban J connectivity index is 1.64. The van der Waals surface area contributed by atoms with Crippen LogP contribution in [0.5, 0.6) is 5.75 Å². The van der Waals surface area contributed by atoms with E-state index < -0.39 is 0 Å². The van der Waals surface area contributed by atoms with Crippen molar-refractivity contribution in [2.24, 2.45) is 5.92 Å². The fourth-order valence-electron chi connectivity index (χ4n) is 2.95. The molecule has 0 aliphatic carbocycles. The molecule has 0 spiro atoms. The fourth-order valence-corrected chi connectivity index (χ4v) is 3.96. The molecule has 1 aromatic carbocycles. The van der Waals surface area contributed by atoms with Crippen LogP contribution in [0.1, 0.15) is 44.6 Å². The molecular formula is C20H25N3O3S. The van der Waals surface area contributed by atoms with Gasteiger partial charge in [0.1, 0.15) is 5.75 Å². The minimum atomic E-state index is -0.104. The van der Waals surface area contributed by atoms with Crippen molar-refractivity contribution < 1.29 is 14.3 Å². The van der Waals surface area contributed by atoms with Crippen molar-refractivity contribution in [1.29, 1.82) is 0 Å². The van der Waals surface area contributed by atoms with Crippen molar-refractivity contribution >= 4 is 23.2 Å². The summed E-state index contributed by atoms with van der Waals surface area (Å²) >= 11 is 1.45. The summed E-state index contributed by atoms with van der Waals surface area (Å²) in [5.41, 5.74) is 1.60. The highest BCUT2D eigenvalue weighted by Gasteiger charge is 2.24. The summed E-state index contributed by atoms with van der Waals surface area (Å²) in [7, 11) is 1.61. The molecule has 0 unspecified atom stereocenters. The number of amides is 2. The molecule has 1 N–H and O–H groups in total. The second-order valence-electron chi connectivity index (χ2n) is 7.01. The Morgan fingerprint density at radius 2 is 1.93 bits per heavy atom. The van der Waals surface area contributed by atoms with E-state index in [-0.39, 0.29) is 11.8 Å². The van der Waals surface area contributed by atoms with E-state index in [2.05, 4.69) is 24.1 Å². The van der Waals surface area contributed by atoms with E-state index in [0.29, 0.717) is 42.5 Å². The number of carbonyl (C=O) groups excluding carboxylic acids is 2. The summed E-state index contributed by atoms with van der Waals surface area (Å²) in [4.78, 5) is 32.5. The molecular weight excluding hydrogens is 362 g/mol. The second kappa shape index (κ2) is 8.52. The first-order chi connectivity index (χ1) is 13.0. The van der Waals surface area contributed by atoms with Gasteiger partial charge in [-0.05, 0) is 30.2 Å². The molecule has 1 aromatic heterocycles. The van der Waals surface area contributed by atoms with Crippen molar-refractivity contribution in [2.75, 3.05) is 26.7 Å². The number of nitrogens with one attached hydrogen (secondary N) is 1. The van der Waals surface area contributed by atoms with E-state index in [1.807, 2.05) is 4.90 Å². The van der Waals surface area contributed by atoms with Crippen LogP contribution in [0.4, 0.5) is 0 Å². The second-order valence-corrected chi connectivity index (χ2v) is 8.10. The van der Waals surface area contributed by atoms with Gasteiger partial charge in [-0.15, -0.1) is 11.3 Å². The Morgan fingerprint density at radius 1 is 1.22 bits per heavy atom. The quantitative estimate of drug-likeness (QED) is 0.856. The highest BCUT2D eigenvalue weighted by Crippen LogP contribution is 2.24. The summed E-state index contributed by atoms with van der Waals surface area (Å²) < 4.78 is 5.14. The standard InChI is InChI=1S/C20H25N3O3S/c1-13(2)12-21-18(24)19-22-16-8-10-23(11-9-17(16)27-19)20(25)14-4-6-15(26-3)7-5-14/h4-7,13H,8-12H2,1-3H3,(H,21,24). The van der Waals surface area contributed by atoms with Crippen LogP contribution in [0.25, 0.3) is 0 Å². The van der Waals surface area contributed by atoms with Crippen LogP contribution in [0.3, 0.4) is 0 Å². The largest absolute Gasteiger partial charge is 0.497 e. The molecule has 6 nitrogen and oxygen atoms in total. The summed E-state index contributed by atoms with van der Waals surface area (Å²) in [6.45, 7) is 6.01. The average molecular weight is 388 g/mol. The maximum absolute atomic E-state index is 12.8. The number of hydrogen-bond acceptors (Lipinski definition) is 5. The molecule has 0 atom stereocenters. The number of methoxy groups -OCH3 is 1. The van der Waals surface area contributed by atoms with E-state index >= 15 is 0 Å². The smallest absolute Gasteiger partial charge is 0.280 e. The minimum absolute atomic E-state index is 0.0164. The van der Waals surface area contributed by atoms with E-state index in [4.69, 9.17) is 4.74 Å². The number of hydrogen-bond donors (Lipinski definition) is 1. The minimum Gasteiger partial charge on any atom is -0.497 e. The highest BCUT2D eigenvalue weighted by molar-refractivity contribution is 7.13. The zero-order valence-electron chi connectivity index (χ0n) is 15.9. The number of nitrogens with zero attached hydrogens (tertiary/aromatic N) is 2. The van der Waals surface area contributed by atoms with Crippen LogP contribution in [-0.2, 0) is 12.8 Å². The van der Waals surface area contributed by atoms with E-state index in [1.54, 1.807) is 31.4 Å². The number of aromatic nitrogens is 1. The zero-order valence-corrected chi connectivity index (χ0v) is 16.8. The average Bonchev–Trinajstić information content (AvgIpc) is 2.99. The van der Waals surface area contributed by atoms with Crippen molar-refractivity contribution in [3.63, 3.8) is 0 Å². The molecule has 0 radical (unpaired) electrons. The highest BCUT2D eigenvalue weighted by atomic mass is 32.1. The predicted molar refractivity (Wildman–Crippen MR) is 106 cm³/mol. The summed E-state index contributed by atoms with van der Waals surface area (Å²) in [5.74, 6) is 1.05. The van der Waals surface area contributed by atoms with Gasteiger partial charge in [-0.1, -0.05) is 13.8 Å². The third-order valence-corrected chi connectivity index (χ3v) is 5.65. The number of ether oxygens (including phenoxy) is 1. The van der Waals surface area contributed by atoms with E-state index in [0.717, 1.165) is 22.7 Å². The number of fused-ring (bicyclic) bond motifs is 1. The van der Waals surface area contributed by atoms with Gasteiger partial charge in [0.25, 0.3) is 11.8 Å². The van der Waals surface area contributed by atoms with Gasteiger partial charge >= 0.3 is 0 Å². The molecule has 0 saturated heterocycles. The van der Waals surface area contributed by atoms with Gasteiger partial charge in [0.05, 0.1) is 12.8 Å². The van der Waals surface area contributed by atoms with Crippen molar-refractivity contribution in [3.05, 3.63) is 45.4 Å². The number of thiazole rings is 1. The SMILES string of the molecule is COc1ccc(C(=O)N2CCc3nc(C(=O)NCC(C)C)sc3CC2)cc1. The molecule has 1 aliphatic rings. The molecule has 0 fully saturated rings. The first kappa shape index (κ1) is 19.4. The Labute approximate surface area is 163 Å². The number of carbonyl (C=O) groups is 2. The summed E-state index contributed by atoms with van der Waals surface area (Å²) in [6, 6.07) is 7.17. The van der Waals surface area contributed by atoms with Crippen molar-refractivity contribution in [3.8, 4) is 5.75 Å². The van der Waals surface area contributed by atoms with Crippen molar-refractivity contribution in [2.45, 2.75) is 26.7 Å². The zero-order chi connectivity index (χ0) is 19.4. The lowest BCUT2D eigenvalue weighted by atomic mass is 10.2. The first-order valence-electron chi connectivity index (χ1n) is 9.18. The monoisotopic (exact) mass is 387 g/mol. The molecule has 1 aliphatic heterocycles. The van der Waals surface area contributed by atoms with Gasteiger partial charge < -0.3 is 15.0 Å². The number of benzene rings is 1. The Hall–Kier alpha value is -2.41. The van der Waals surface area contributed by atoms with E-state index in [9.17, 15) is 9.59 Å². The Kier molecular flexibility index (Phi) is 6.11. The maximum atomic E-state index is 12.8. The van der Waals surface area contributed by atoms with Crippen LogP contribution in [0, 0.1) is 5.92 Å². The van der Waals surface area contributed by atoms with Gasteiger partial charge in [-0.3, -0.25) is 9.59 Å². The van der Waals surface area contributed by atoms with Crippen LogP contribution in [0.15, 0.2) is 24.3 Å². The van der Waals surface area contributed by atoms with Crippen LogP contribution in [0.2, 0.25) is 0 Å². The van der Waals surface area contributed by atoms with Gasteiger partial charge in [-0.25, -0.2) is 4.98 Å². The topological polar surface area (TPSA) is 71.5 Å². The molecule has 0 bridgehead atoms. The summed E-state index contributed by atoms with van der Waals surface area (Å²) in [5, 5.41) is 3.44.